The first-order valence-corrected chi connectivity index (χ1v) is 0.866. The van der Waals surface area contributed by atoms with Gasteiger partial charge in [-0.2, -0.15) is 0 Å². The van der Waals surface area contributed by atoms with E-state index in [1.54, 1.807) is 0 Å². The number of rotatable bonds is 0. The Morgan fingerprint density at radius 1 is 1.25 bits per heavy atom. The van der Waals surface area contributed by atoms with Gasteiger partial charge < -0.3 is 0 Å². The maximum Gasteiger partial charge on any atom is 0 e. The molecule has 0 saturated carbocycles. The van der Waals surface area contributed by atoms with Gasteiger partial charge in [0.2, 0.25) is 0 Å². The average Bonchev–Trinajstić information content (AvgIpc) is 1.00. The van der Waals surface area contributed by atoms with E-state index in [2.05, 4.69) is 0 Å². The molecule has 0 N–H and O–H groups in total. The molecular weight excluding hydrogens is 209 g/mol. The molecular formula is FeNiOSe. The summed E-state index contributed by atoms with van der Waals surface area (Å²) in [7, 11) is 0. The Kier molecular flexibility index (Phi) is 125. The van der Waals surface area contributed by atoms with Crippen LogP contribution in [0.1, 0.15) is 0 Å². The monoisotopic (exact) mass is 210 g/mol. The smallest absolute Gasteiger partial charge is 0 e. The molecule has 0 aromatic carbocycles. The Morgan fingerprint density at radius 3 is 1.25 bits per heavy atom. The van der Waals surface area contributed by atoms with Gasteiger partial charge in [0, 0.05) is 33.6 Å². The van der Waals surface area contributed by atoms with Crippen molar-refractivity contribution in [1.29, 1.82) is 0 Å². The molecule has 0 aliphatic carbocycles. The Hall–Kier alpha value is 1.33. The van der Waals surface area contributed by atoms with Crippen LogP contribution in [0.5, 0.6) is 0 Å². The normalized spacial score (nSPS) is 1.00. The second-order valence-corrected chi connectivity index (χ2v) is 0. The number of hydrogen-bond acceptors (Lipinski definition) is 1. The molecule has 0 amide bonds. The predicted octanol–water partition coefficient (Wildman–Crippen LogP) is -0.505. The fourth-order valence-corrected chi connectivity index (χ4v) is 0. The first-order chi connectivity index (χ1) is 1.00. The zero-order valence-electron chi connectivity index (χ0n) is 1.49. The molecule has 0 heterocycles. The standard InChI is InChI=1S/Fe.Ni.OSe/c;;1-2. The topological polar surface area (TPSA) is 17.1 Å². The van der Waals surface area contributed by atoms with Crippen molar-refractivity contribution in [3.8, 4) is 0 Å². The summed E-state index contributed by atoms with van der Waals surface area (Å²) in [6.45, 7) is 0. The van der Waals surface area contributed by atoms with Crippen molar-refractivity contribution in [2.75, 3.05) is 0 Å². The molecule has 0 spiro atoms. The molecule has 0 bridgehead atoms. The maximum atomic E-state index is 8.12. The Labute approximate surface area is 53.3 Å². The zero-order valence-corrected chi connectivity index (χ0v) is 5.29. The van der Waals surface area contributed by atoms with Crippen molar-refractivity contribution in [1.82, 2.24) is 0 Å². The zero-order chi connectivity index (χ0) is 2.00. The van der Waals surface area contributed by atoms with E-state index in [0.717, 1.165) is 0 Å². The van der Waals surface area contributed by atoms with Gasteiger partial charge in [-0.1, -0.05) is 0 Å². The van der Waals surface area contributed by atoms with E-state index in [9.17, 15) is 0 Å². The first kappa shape index (κ1) is 18.4. The largest absolute Gasteiger partial charge is 0 e. The van der Waals surface area contributed by atoms with Crippen LogP contribution in [0.3, 0.4) is 0 Å². The van der Waals surface area contributed by atoms with Crippen LogP contribution in [0.15, 0.2) is 0 Å². The first-order valence-electron chi connectivity index (χ1n) is 0.167. The van der Waals surface area contributed by atoms with Crippen LogP contribution in [0.25, 0.3) is 0 Å². The number of hydrogen-bond donors (Lipinski definition) is 0. The third-order valence-corrected chi connectivity index (χ3v) is 0. The van der Waals surface area contributed by atoms with E-state index >= 15 is 0 Å². The van der Waals surface area contributed by atoms with E-state index in [1.807, 2.05) is 0 Å². The summed E-state index contributed by atoms with van der Waals surface area (Å²) in [5, 5.41) is 0. The van der Waals surface area contributed by atoms with Gasteiger partial charge in [0.1, 0.15) is 0 Å². The van der Waals surface area contributed by atoms with Crippen LogP contribution >= 0.6 is 0 Å². The van der Waals surface area contributed by atoms with Crippen LogP contribution < -0.4 is 0 Å². The fourth-order valence-electron chi connectivity index (χ4n) is 0. The van der Waals surface area contributed by atoms with Crippen molar-refractivity contribution in [2.45, 2.75) is 0 Å². The fraction of sp³-hybridized carbons (Fsp3) is 0. The molecule has 0 aliphatic heterocycles. The van der Waals surface area contributed by atoms with Gasteiger partial charge >= 0.3 is 19.8 Å². The minimum absolute atomic E-state index is 0. The summed E-state index contributed by atoms with van der Waals surface area (Å²) in [6, 6.07) is 0. The van der Waals surface area contributed by atoms with Crippen LogP contribution in [-0.4, -0.2) is 15.9 Å². The molecule has 4 heteroatoms. The molecule has 0 saturated heterocycles. The van der Waals surface area contributed by atoms with Crippen molar-refractivity contribution in [3.63, 3.8) is 0 Å². The molecule has 0 aromatic rings. The minimum atomic E-state index is 0. The van der Waals surface area contributed by atoms with Gasteiger partial charge in [0.15, 0.2) is 0 Å². The van der Waals surface area contributed by atoms with Gasteiger partial charge in [-0.05, 0) is 0 Å². The third kappa shape index (κ3) is 10.2. The van der Waals surface area contributed by atoms with E-state index in [4.69, 9.17) is 3.83 Å². The van der Waals surface area contributed by atoms with Crippen molar-refractivity contribution in [2.24, 2.45) is 0 Å². The van der Waals surface area contributed by atoms with Crippen LogP contribution in [0, 0.1) is 0 Å². The second-order valence-electron chi connectivity index (χ2n) is 0. The Bertz CT molecular complexity index is 8.00. The van der Waals surface area contributed by atoms with E-state index in [-0.39, 0.29) is 33.6 Å². The second kappa shape index (κ2) is 27.1. The van der Waals surface area contributed by atoms with Crippen LogP contribution in [0.4, 0.5) is 0 Å². The summed E-state index contributed by atoms with van der Waals surface area (Å²) in [5.41, 5.74) is 0. The molecule has 30 valence electrons. The quantitative estimate of drug-likeness (QED) is 0.492. The van der Waals surface area contributed by atoms with E-state index in [0.29, 0.717) is 0 Å². The van der Waals surface area contributed by atoms with Gasteiger partial charge in [0.05, 0.1) is 0 Å². The summed E-state index contributed by atoms with van der Waals surface area (Å²) in [6.07, 6.45) is 0. The van der Waals surface area contributed by atoms with Gasteiger partial charge in [-0.3, -0.25) is 0 Å². The SMILES string of the molecule is O=[Se].[Fe].[Ni]. The summed E-state index contributed by atoms with van der Waals surface area (Å²) < 4.78 is 8.12. The Balaban J connectivity index is -0.00000000500. The molecule has 0 rings (SSSR count). The van der Waals surface area contributed by atoms with Gasteiger partial charge in [0.25, 0.3) is 0 Å². The van der Waals surface area contributed by atoms with Crippen molar-refractivity contribution >= 4 is 15.9 Å². The van der Waals surface area contributed by atoms with Crippen molar-refractivity contribution in [3.05, 3.63) is 0 Å². The van der Waals surface area contributed by atoms with Gasteiger partial charge in [-0.15, -0.1) is 0 Å². The molecule has 0 fully saturated rings. The van der Waals surface area contributed by atoms with E-state index < -0.39 is 0 Å². The minimum Gasteiger partial charge on any atom is 0 e. The third-order valence-electron chi connectivity index (χ3n) is 0. The molecule has 4 heavy (non-hydrogen) atoms. The summed E-state index contributed by atoms with van der Waals surface area (Å²) in [4.78, 5) is 0. The van der Waals surface area contributed by atoms with Gasteiger partial charge in [-0.25, -0.2) is 0 Å². The van der Waals surface area contributed by atoms with Crippen molar-refractivity contribution < 1.29 is 37.4 Å². The molecule has 0 atom stereocenters. The van der Waals surface area contributed by atoms with Crippen LogP contribution in [0.2, 0.25) is 0 Å². The maximum absolute atomic E-state index is 8.12. The predicted molar refractivity (Wildman–Crippen MR) is 6.44 cm³/mol. The molecule has 0 aromatic heterocycles. The molecule has 0 aliphatic rings. The van der Waals surface area contributed by atoms with E-state index in [1.165, 1.54) is 15.9 Å². The summed E-state index contributed by atoms with van der Waals surface area (Å²) in [5.74, 6) is 0. The average molecular weight is 209 g/mol. The Morgan fingerprint density at radius 2 is 1.25 bits per heavy atom. The summed E-state index contributed by atoms with van der Waals surface area (Å²) >= 11 is 1.38. The van der Waals surface area contributed by atoms with Crippen LogP contribution in [-0.2, 0) is 37.4 Å². The molecule has 0 unspecified atom stereocenters. The molecule has 1 nitrogen and oxygen atoms in total. The molecule has 0 radical (unpaired) electrons.